The van der Waals surface area contributed by atoms with Crippen LogP contribution in [0.3, 0.4) is 0 Å². The van der Waals surface area contributed by atoms with Gasteiger partial charge in [0.2, 0.25) is 0 Å². The van der Waals surface area contributed by atoms with Gasteiger partial charge in [0.1, 0.15) is 12.4 Å². The molecule has 1 aromatic carbocycles. The number of halogens is 2. The molecule has 0 bridgehead atoms. The van der Waals surface area contributed by atoms with E-state index in [4.69, 9.17) is 4.74 Å². The molecule has 3 nitrogen and oxygen atoms in total. The maximum atomic E-state index is 12.5. The van der Waals surface area contributed by atoms with Crippen molar-refractivity contribution in [3.8, 4) is 5.75 Å². The molecule has 0 aromatic heterocycles. The molecule has 0 saturated carbocycles. The Morgan fingerprint density at radius 2 is 1.92 bits per heavy atom. The minimum Gasteiger partial charge on any atom is -0.492 e. The third kappa shape index (κ3) is 6.55. The lowest BCUT2D eigenvalue weighted by atomic mass is 9.87. The molecular formula is C20H32F2N2O. The van der Waals surface area contributed by atoms with Crippen molar-refractivity contribution in [2.45, 2.75) is 51.5 Å². The molecule has 0 aliphatic carbocycles. The van der Waals surface area contributed by atoms with E-state index in [-0.39, 0.29) is 18.0 Å². The first-order valence-corrected chi connectivity index (χ1v) is 9.20. The monoisotopic (exact) mass is 354 g/mol. The first-order valence-electron chi connectivity index (χ1n) is 9.20. The molecule has 2 rings (SSSR count). The van der Waals surface area contributed by atoms with Crippen molar-refractivity contribution >= 4 is 0 Å². The van der Waals surface area contributed by atoms with E-state index in [1.807, 2.05) is 12.1 Å². The Hall–Kier alpha value is -1.20. The molecule has 142 valence electrons. The lowest BCUT2D eigenvalue weighted by Crippen LogP contribution is -2.45. The molecule has 0 atom stereocenters. The summed E-state index contributed by atoms with van der Waals surface area (Å²) >= 11 is 0. The molecule has 0 spiro atoms. The number of hydrogen-bond donors (Lipinski definition) is 0. The highest BCUT2D eigenvalue weighted by molar-refractivity contribution is 5.32. The quantitative estimate of drug-likeness (QED) is 0.735. The van der Waals surface area contributed by atoms with Crippen molar-refractivity contribution in [3.05, 3.63) is 29.8 Å². The molecule has 25 heavy (non-hydrogen) atoms. The lowest BCUT2D eigenvalue weighted by Gasteiger charge is -2.36. The van der Waals surface area contributed by atoms with Gasteiger partial charge in [0.05, 0.1) is 6.54 Å². The third-order valence-electron chi connectivity index (χ3n) is 4.98. The van der Waals surface area contributed by atoms with E-state index in [2.05, 4.69) is 37.8 Å². The van der Waals surface area contributed by atoms with Crippen molar-refractivity contribution in [3.63, 3.8) is 0 Å². The van der Waals surface area contributed by atoms with Gasteiger partial charge in [0.15, 0.2) is 0 Å². The van der Waals surface area contributed by atoms with Gasteiger partial charge in [-0.1, -0.05) is 32.9 Å². The van der Waals surface area contributed by atoms with Gasteiger partial charge in [0, 0.05) is 12.6 Å². The zero-order valence-corrected chi connectivity index (χ0v) is 16.0. The molecule has 0 radical (unpaired) electrons. The Balaban J connectivity index is 1.72. The maximum absolute atomic E-state index is 12.5. The van der Waals surface area contributed by atoms with Crippen molar-refractivity contribution in [2.24, 2.45) is 0 Å². The SMILES string of the molecule is CN(CC(F)F)C1CCN(CCOc2cccc(C(C)(C)C)c2)CC1. The van der Waals surface area contributed by atoms with E-state index in [0.717, 1.165) is 38.2 Å². The normalized spacial score (nSPS) is 17.4. The molecule has 1 fully saturated rings. The van der Waals surface area contributed by atoms with E-state index in [9.17, 15) is 8.78 Å². The second-order valence-electron chi connectivity index (χ2n) is 8.03. The van der Waals surface area contributed by atoms with Crippen LogP contribution >= 0.6 is 0 Å². The summed E-state index contributed by atoms with van der Waals surface area (Å²) in [7, 11) is 1.80. The first kappa shape index (κ1) is 20.1. The van der Waals surface area contributed by atoms with Crippen molar-refractivity contribution in [2.75, 3.05) is 39.8 Å². The Morgan fingerprint density at radius 1 is 1.24 bits per heavy atom. The standard InChI is InChI=1S/C20H32F2N2O/c1-20(2,3)16-6-5-7-18(14-16)25-13-12-24-10-8-17(9-11-24)23(4)15-19(21)22/h5-7,14,17,19H,8-13,15H2,1-4H3. The van der Waals surface area contributed by atoms with Crippen LogP contribution in [0.1, 0.15) is 39.2 Å². The van der Waals surface area contributed by atoms with Crippen LogP contribution < -0.4 is 4.74 Å². The molecule has 0 amide bonds. The summed E-state index contributed by atoms with van der Waals surface area (Å²) < 4.78 is 30.9. The van der Waals surface area contributed by atoms with E-state index in [1.165, 1.54) is 5.56 Å². The number of rotatable bonds is 7. The minimum absolute atomic E-state index is 0.117. The average molecular weight is 354 g/mol. The highest BCUT2D eigenvalue weighted by Crippen LogP contribution is 2.25. The Bertz CT molecular complexity index is 523. The van der Waals surface area contributed by atoms with Crippen molar-refractivity contribution in [1.82, 2.24) is 9.80 Å². The topological polar surface area (TPSA) is 15.7 Å². The largest absolute Gasteiger partial charge is 0.492 e. The second-order valence-corrected chi connectivity index (χ2v) is 8.03. The molecule has 1 heterocycles. The van der Waals surface area contributed by atoms with Gasteiger partial charge < -0.3 is 4.74 Å². The van der Waals surface area contributed by atoms with Gasteiger partial charge in [-0.2, -0.15) is 0 Å². The Morgan fingerprint density at radius 3 is 2.52 bits per heavy atom. The predicted octanol–water partition coefficient (Wildman–Crippen LogP) is 4.02. The van der Waals surface area contributed by atoms with Crippen molar-refractivity contribution in [1.29, 1.82) is 0 Å². The summed E-state index contributed by atoms with van der Waals surface area (Å²) in [5.74, 6) is 0.916. The number of ether oxygens (including phenoxy) is 1. The molecule has 1 saturated heterocycles. The molecular weight excluding hydrogens is 322 g/mol. The molecule has 1 aliphatic rings. The number of piperidine rings is 1. The first-order chi connectivity index (χ1) is 11.8. The number of nitrogens with zero attached hydrogens (tertiary/aromatic N) is 2. The molecule has 5 heteroatoms. The molecule has 1 aliphatic heterocycles. The van der Waals surface area contributed by atoms with Crippen LogP contribution in [0.2, 0.25) is 0 Å². The fraction of sp³-hybridized carbons (Fsp3) is 0.700. The van der Waals surface area contributed by atoms with Gasteiger partial charge >= 0.3 is 0 Å². The van der Waals surface area contributed by atoms with E-state index in [1.54, 1.807) is 11.9 Å². The van der Waals surface area contributed by atoms with Crippen LogP contribution in [-0.4, -0.2) is 62.1 Å². The van der Waals surface area contributed by atoms with Crippen LogP contribution in [0.25, 0.3) is 0 Å². The zero-order valence-electron chi connectivity index (χ0n) is 16.0. The van der Waals surface area contributed by atoms with E-state index < -0.39 is 6.43 Å². The van der Waals surface area contributed by atoms with Crippen LogP contribution in [0, 0.1) is 0 Å². The Labute approximate surface area is 150 Å². The van der Waals surface area contributed by atoms with Gasteiger partial charge in [-0.25, -0.2) is 8.78 Å². The summed E-state index contributed by atoms with van der Waals surface area (Å²) in [6.45, 7) is 9.89. The Kier molecular flexibility index (Phi) is 7.20. The number of likely N-dealkylation sites (tertiary alicyclic amines) is 1. The van der Waals surface area contributed by atoms with E-state index in [0.29, 0.717) is 6.61 Å². The van der Waals surface area contributed by atoms with Crippen LogP contribution in [0.15, 0.2) is 24.3 Å². The zero-order chi connectivity index (χ0) is 18.4. The fourth-order valence-corrected chi connectivity index (χ4v) is 3.30. The number of alkyl halides is 2. The van der Waals surface area contributed by atoms with E-state index >= 15 is 0 Å². The average Bonchev–Trinajstić information content (AvgIpc) is 2.54. The highest BCUT2D eigenvalue weighted by atomic mass is 19.3. The highest BCUT2D eigenvalue weighted by Gasteiger charge is 2.23. The van der Waals surface area contributed by atoms with Gasteiger partial charge in [-0.3, -0.25) is 9.80 Å². The van der Waals surface area contributed by atoms with Gasteiger partial charge in [0.25, 0.3) is 6.43 Å². The van der Waals surface area contributed by atoms with Gasteiger partial charge in [-0.15, -0.1) is 0 Å². The molecule has 0 unspecified atom stereocenters. The number of hydrogen-bond acceptors (Lipinski definition) is 3. The number of benzene rings is 1. The summed E-state index contributed by atoms with van der Waals surface area (Å²) in [5, 5.41) is 0. The van der Waals surface area contributed by atoms with Crippen LogP contribution in [0.4, 0.5) is 8.78 Å². The van der Waals surface area contributed by atoms with Gasteiger partial charge in [-0.05, 0) is 56.1 Å². The second kappa shape index (κ2) is 8.95. The van der Waals surface area contributed by atoms with Crippen LogP contribution in [-0.2, 0) is 5.41 Å². The summed E-state index contributed by atoms with van der Waals surface area (Å²) in [6, 6.07) is 8.56. The van der Waals surface area contributed by atoms with Crippen molar-refractivity contribution < 1.29 is 13.5 Å². The maximum Gasteiger partial charge on any atom is 0.251 e. The molecule has 1 aromatic rings. The fourth-order valence-electron chi connectivity index (χ4n) is 3.30. The smallest absolute Gasteiger partial charge is 0.251 e. The van der Waals surface area contributed by atoms with Crippen LogP contribution in [0.5, 0.6) is 5.75 Å². The summed E-state index contributed by atoms with van der Waals surface area (Å²) in [5.41, 5.74) is 1.39. The third-order valence-corrected chi connectivity index (χ3v) is 4.98. The summed E-state index contributed by atoms with van der Waals surface area (Å²) in [6.07, 6.45) is -0.355. The minimum atomic E-state index is -2.25. The summed E-state index contributed by atoms with van der Waals surface area (Å²) in [4.78, 5) is 4.16. The lowest BCUT2D eigenvalue weighted by molar-refractivity contribution is 0.0552. The molecule has 0 N–H and O–H groups in total. The predicted molar refractivity (Wildman–Crippen MR) is 98.7 cm³/mol.